The number of hydrogen-bond donors (Lipinski definition) is 2. The van der Waals surface area contributed by atoms with Crippen molar-refractivity contribution < 1.29 is 4.79 Å². The highest BCUT2D eigenvalue weighted by molar-refractivity contribution is 5.81. The third kappa shape index (κ3) is 4.20. The van der Waals surface area contributed by atoms with Gasteiger partial charge in [-0.15, -0.1) is 0 Å². The minimum absolute atomic E-state index is 0.323. The molecule has 2 aromatic heterocycles. The van der Waals surface area contributed by atoms with Crippen molar-refractivity contribution in [1.29, 1.82) is 0 Å². The van der Waals surface area contributed by atoms with E-state index in [0.29, 0.717) is 17.7 Å². The Hall–Kier alpha value is -2.44. The lowest BCUT2D eigenvalue weighted by Gasteiger charge is -2.20. The van der Waals surface area contributed by atoms with Crippen molar-refractivity contribution in [3.05, 3.63) is 29.8 Å². The number of nitrogens with one attached hydrogen (secondary N) is 2. The summed E-state index contributed by atoms with van der Waals surface area (Å²) in [6.45, 7) is 3.75. The number of nitrogens with zero attached hydrogens (tertiary/aromatic N) is 4. The second-order valence-electron chi connectivity index (χ2n) is 7.52. The molecule has 1 aliphatic carbocycles. The van der Waals surface area contributed by atoms with Crippen LogP contribution in [0.3, 0.4) is 0 Å². The number of aromatic amines is 1. The van der Waals surface area contributed by atoms with Crippen LogP contribution in [0.25, 0.3) is 0 Å². The minimum Gasteiger partial charge on any atom is -0.342 e. The third-order valence-corrected chi connectivity index (χ3v) is 5.22. The first-order chi connectivity index (χ1) is 12.7. The van der Waals surface area contributed by atoms with Gasteiger partial charge in [-0.2, -0.15) is 5.10 Å². The van der Waals surface area contributed by atoms with Gasteiger partial charge in [0.05, 0.1) is 0 Å². The molecule has 3 heterocycles. The van der Waals surface area contributed by atoms with Crippen molar-refractivity contribution >= 4 is 17.5 Å². The lowest BCUT2D eigenvalue weighted by molar-refractivity contribution is -0.132. The van der Waals surface area contributed by atoms with Crippen LogP contribution in [0.4, 0.5) is 11.6 Å². The van der Waals surface area contributed by atoms with Crippen LogP contribution < -0.4 is 5.32 Å². The molecule has 1 saturated heterocycles. The second kappa shape index (κ2) is 7.43. The number of amides is 1. The van der Waals surface area contributed by atoms with Crippen LogP contribution in [0, 0.1) is 18.8 Å². The molecule has 0 aromatic carbocycles. The summed E-state index contributed by atoms with van der Waals surface area (Å²) in [6.07, 6.45) is 8.08. The standard InChI is InChI=1S/C19H26N6O/c1-13-11-18(24-23-13)22-16-6-8-20-17(21-16)12-14-3-2-9-25(10-7-14)19(26)15-4-5-15/h6,8,11,14-15H,2-5,7,9-10,12H2,1H3,(H2,20,21,22,23,24)/t14-/m1/s1. The summed E-state index contributed by atoms with van der Waals surface area (Å²) < 4.78 is 0. The molecule has 0 spiro atoms. The van der Waals surface area contributed by atoms with Gasteiger partial charge < -0.3 is 10.2 Å². The van der Waals surface area contributed by atoms with E-state index in [4.69, 9.17) is 0 Å². The number of carbonyl (C=O) groups excluding carboxylic acids is 1. The van der Waals surface area contributed by atoms with Gasteiger partial charge in [0.25, 0.3) is 0 Å². The molecule has 2 fully saturated rings. The van der Waals surface area contributed by atoms with Crippen LogP contribution in [-0.4, -0.2) is 44.1 Å². The summed E-state index contributed by atoms with van der Waals surface area (Å²) in [5.74, 6) is 3.62. The monoisotopic (exact) mass is 354 g/mol. The van der Waals surface area contributed by atoms with Crippen LogP contribution in [0.1, 0.15) is 43.6 Å². The Morgan fingerprint density at radius 3 is 2.92 bits per heavy atom. The predicted octanol–water partition coefficient (Wildman–Crippen LogP) is 2.83. The number of H-pyrrole nitrogens is 1. The molecule has 26 heavy (non-hydrogen) atoms. The molecule has 0 unspecified atom stereocenters. The van der Waals surface area contributed by atoms with Gasteiger partial charge in [0, 0.05) is 43.4 Å². The van der Waals surface area contributed by atoms with Crippen molar-refractivity contribution in [2.45, 2.75) is 45.4 Å². The molecule has 1 aliphatic heterocycles. The van der Waals surface area contributed by atoms with Gasteiger partial charge in [0.15, 0.2) is 5.82 Å². The van der Waals surface area contributed by atoms with E-state index >= 15 is 0 Å². The highest BCUT2D eigenvalue weighted by atomic mass is 16.2. The highest BCUT2D eigenvalue weighted by Crippen LogP contribution is 2.32. The number of aromatic nitrogens is 4. The zero-order valence-corrected chi connectivity index (χ0v) is 15.2. The Morgan fingerprint density at radius 2 is 2.15 bits per heavy atom. The molecular formula is C19H26N6O. The van der Waals surface area contributed by atoms with Crippen molar-refractivity contribution in [1.82, 2.24) is 25.1 Å². The van der Waals surface area contributed by atoms with E-state index in [0.717, 1.165) is 74.8 Å². The lowest BCUT2D eigenvalue weighted by atomic mass is 9.96. The summed E-state index contributed by atoms with van der Waals surface area (Å²) in [5.41, 5.74) is 1.01. The number of carbonyl (C=O) groups is 1. The first-order valence-corrected chi connectivity index (χ1v) is 9.57. The molecule has 1 atom stereocenters. The van der Waals surface area contributed by atoms with Crippen LogP contribution in [0.2, 0.25) is 0 Å². The van der Waals surface area contributed by atoms with Gasteiger partial charge in [-0.05, 0) is 51.0 Å². The molecule has 2 aromatic rings. The zero-order valence-electron chi connectivity index (χ0n) is 15.2. The predicted molar refractivity (Wildman–Crippen MR) is 99.0 cm³/mol. The fourth-order valence-corrected chi connectivity index (χ4v) is 3.62. The summed E-state index contributed by atoms with van der Waals surface area (Å²) in [5, 5.41) is 10.3. The fraction of sp³-hybridized carbons (Fsp3) is 0.579. The molecule has 4 rings (SSSR count). The largest absolute Gasteiger partial charge is 0.342 e. The molecule has 7 heteroatoms. The fourth-order valence-electron chi connectivity index (χ4n) is 3.62. The van der Waals surface area contributed by atoms with E-state index in [1.807, 2.05) is 19.1 Å². The topological polar surface area (TPSA) is 86.8 Å². The molecule has 2 N–H and O–H groups in total. The Morgan fingerprint density at radius 1 is 1.27 bits per heavy atom. The summed E-state index contributed by atoms with van der Waals surface area (Å²) >= 11 is 0. The Balaban J connectivity index is 1.34. The maximum absolute atomic E-state index is 12.3. The molecule has 7 nitrogen and oxygen atoms in total. The van der Waals surface area contributed by atoms with E-state index in [9.17, 15) is 4.79 Å². The van der Waals surface area contributed by atoms with Crippen molar-refractivity contribution in [2.75, 3.05) is 18.4 Å². The molecule has 138 valence electrons. The maximum atomic E-state index is 12.3. The van der Waals surface area contributed by atoms with Crippen molar-refractivity contribution in [3.8, 4) is 0 Å². The molecule has 0 bridgehead atoms. The number of anilines is 2. The van der Waals surface area contributed by atoms with Crippen molar-refractivity contribution in [3.63, 3.8) is 0 Å². The molecule has 2 aliphatic rings. The minimum atomic E-state index is 0.323. The Bertz CT molecular complexity index is 769. The second-order valence-corrected chi connectivity index (χ2v) is 7.52. The molecule has 1 saturated carbocycles. The molecule has 0 radical (unpaired) electrons. The van der Waals surface area contributed by atoms with E-state index in [1.54, 1.807) is 6.20 Å². The van der Waals surface area contributed by atoms with Gasteiger partial charge >= 0.3 is 0 Å². The average Bonchev–Trinajstić information content (AvgIpc) is 3.42. The van der Waals surface area contributed by atoms with Gasteiger partial charge in [-0.3, -0.25) is 9.89 Å². The van der Waals surface area contributed by atoms with E-state index in [1.165, 1.54) is 0 Å². The zero-order chi connectivity index (χ0) is 17.9. The molecular weight excluding hydrogens is 328 g/mol. The van der Waals surface area contributed by atoms with Gasteiger partial charge in [-0.1, -0.05) is 0 Å². The van der Waals surface area contributed by atoms with E-state index < -0.39 is 0 Å². The number of rotatable bonds is 5. The summed E-state index contributed by atoms with van der Waals surface area (Å²) in [7, 11) is 0. The normalized spacial score (nSPS) is 20.7. The lowest BCUT2D eigenvalue weighted by Crippen LogP contribution is -2.33. The van der Waals surface area contributed by atoms with E-state index in [-0.39, 0.29) is 0 Å². The molecule has 1 amide bonds. The smallest absolute Gasteiger partial charge is 0.225 e. The summed E-state index contributed by atoms with van der Waals surface area (Å²) in [6, 6.07) is 3.80. The SMILES string of the molecule is Cc1cc(Nc2ccnc(C[C@@H]3CCCN(C(=O)C4CC4)CC3)n2)n[nH]1. The van der Waals surface area contributed by atoms with Crippen LogP contribution in [-0.2, 0) is 11.2 Å². The first-order valence-electron chi connectivity index (χ1n) is 9.57. The van der Waals surface area contributed by atoms with Gasteiger partial charge in [-0.25, -0.2) is 9.97 Å². The number of aryl methyl sites for hydroxylation is 1. The number of likely N-dealkylation sites (tertiary alicyclic amines) is 1. The van der Waals surface area contributed by atoms with E-state index in [2.05, 4.69) is 30.4 Å². The van der Waals surface area contributed by atoms with Crippen LogP contribution >= 0.6 is 0 Å². The first kappa shape index (κ1) is 17.0. The van der Waals surface area contributed by atoms with Gasteiger partial charge in [0.1, 0.15) is 11.6 Å². The third-order valence-electron chi connectivity index (χ3n) is 5.22. The Kier molecular flexibility index (Phi) is 4.86. The highest BCUT2D eigenvalue weighted by Gasteiger charge is 2.34. The number of hydrogen-bond acceptors (Lipinski definition) is 5. The maximum Gasteiger partial charge on any atom is 0.225 e. The van der Waals surface area contributed by atoms with Gasteiger partial charge in [0.2, 0.25) is 5.91 Å². The quantitative estimate of drug-likeness (QED) is 0.862. The Labute approximate surface area is 153 Å². The van der Waals surface area contributed by atoms with Crippen LogP contribution in [0.15, 0.2) is 18.3 Å². The van der Waals surface area contributed by atoms with Crippen LogP contribution in [0.5, 0.6) is 0 Å². The summed E-state index contributed by atoms with van der Waals surface area (Å²) in [4.78, 5) is 23.4. The van der Waals surface area contributed by atoms with Crippen molar-refractivity contribution in [2.24, 2.45) is 11.8 Å². The average molecular weight is 354 g/mol.